The molecule has 0 fully saturated rings. The molecule has 84 valence electrons. The van der Waals surface area contributed by atoms with E-state index in [-0.39, 0.29) is 5.54 Å². The summed E-state index contributed by atoms with van der Waals surface area (Å²) in [5.41, 5.74) is 3.47. The van der Waals surface area contributed by atoms with E-state index in [4.69, 9.17) is 5.84 Å². The third-order valence-corrected chi connectivity index (χ3v) is 2.78. The van der Waals surface area contributed by atoms with E-state index in [0.29, 0.717) is 5.84 Å². The molecule has 0 amide bonds. The molecule has 0 radical (unpaired) electrons. The van der Waals surface area contributed by atoms with Crippen LogP contribution in [0.3, 0.4) is 0 Å². The largest absolute Gasteiger partial charge is 0.308 e. The van der Waals surface area contributed by atoms with Gasteiger partial charge in [0.15, 0.2) is 5.84 Å². The molecule has 0 aromatic carbocycles. The van der Waals surface area contributed by atoms with Gasteiger partial charge in [0.1, 0.15) is 0 Å². The number of aryl methyl sites for hydroxylation is 2. The first-order chi connectivity index (χ1) is 6.83. The van der Waals surface area contributed by atoms with Crippen molar-refractivity contribution in [3.8, 4) is 0 Å². The van der Waals surface area contributed by atoms with E-state index in [0.717, 1.165) is 15.6 Å². The number of nitrogens with zero attached hydrogens (tertiary/aromatic N) is 2. The van der Waals surface area contributed by atoms with Crippen LogP contribution in [-0.2, 0) is 0 Å². The van der Waals surface area contributed by atoms with Crippen LogP contribution in [0.4, 0.5) is 0 Å². The number of hydrogen-bond acceptors (Lipinski definition) is 4. The van der Waals surface area contributed by atoms with Crippen LogP contribution in [0.25, 0.3) is 0 Å². The normalized spacial score (nSPS) is 13.1. The highest BCUT2D eigenvalue weighted by molar-refractivity contribution is 7.13. The van der Waals surface area contributed by atoms with E-state index in [1.54, 1.807) is 11.3 Å². The quantitative estimate of drug-likeness (QED) is 0.332. The summed E-state index contributed by atoms with van der Waals surface area (Å²) in [4.78, 5) is 9.89. The Morgan fingerprint density at radius 3 is 2.33 bits per heavy atom. The minimum absolute atomic E-state index is 0.147. The average molecular weight is 226 g/mol. The maximum atomic E-state index is 5.49. The van der Waals surface area contributed by atoms with Crippen molar-refractivity contribution in [3.05, 3.63) is 15.6 Å². The van der Waals surface area contributed by atoms with Gasteiger partial charge < -0.3 is 5.43 Å². The molecular weight excluding hydrogens is 208 g/mol. The molecule has 0 spiro atoms. The third kappa shape index (κ3) is 3.28. The maximum absolute atomic E-state index is 5.49. The highest BCUT2D eigenvalue weighted by Crippen LogP contribution is 2.19. The lowest BCUT2D eigenvalue weighted by atomic mass is 10.1. The minimum atomic E-state index is -0.147. The zero-order chi connectivity index (χ0) is 11.6. The number of thiazole rings is 1. The Morgan fingerprint density at radius 1 is 1.40 bits per heavy atom. The molecule has 0 saturated heterocycles. The van der Waals surface area contributed by atoms with E-state index in [2.05, 4.69) is 15.4 Å². The number of amidine groups is 1. The Labute approximate surface area is 94.6 Å². The first-order valence-corrected chi connectivity index (χ1v) is 5.66. The summed E-state index contributed by atoms with van der Waals surface area (Å²) in [7, 11) is 0. The molecule has 0 atom stereocenters. The number of rotatable bonds is 1. The van der Waals surface area contributed by atoms with Crippen LogP contribution in [0, 0.1) is 13.8 Å². The second-order valence-corrected chi connectivity index (χ2v) is 5.63. The van der Waals surface area contributed by atoms with Crippen molar-refractivity contribution >= 4 is 17.2 Å². The lowest BCUT2D eigenvalue weighted by molar-refractivity contribution is 0.580. The molecule has 0 aliphatic carbocycles. The molecule has 0 aliphatic heterocycles. The summed E-state index contributed by atoms with van der Waals surface area (Å²) < 4.78 is 0. The third-order valence-electron chi connectivity index (χ3n) is 1.70. The fourth-order valence-corrected chi connectivity index (χ4v) is 2.11. The van der Waals surface area contributed by atoms with Crippen molar-refractivity contribution in [3.63, 3.8) is 0 Å². The highest BCUT2D eigenvalue weighted by Gasteiger charge is 2.15. The molecule has 1 rings (SSSR count). The van der Waals surface area contributed by atoms with Gasteiger partial charge in [-0.1, -0.05) is 0 Å². The highest BCUT2D eigenvalue weighted by atomic mass is 32.1. The van der Waals surface area contributed by atoms with Crippen LogP contribution in [0.15, 0.2) is 4.99 Å². The Morgan fingerprint density at radius 2 is 2.00 bits per heavy atom. The zero-order valence-electron chi connectivity index (χ0n) is 9.88. The van der Waals surface area contributed by atoms with Gasteiger partial charge in [-0.15, -0.1) is 11.3 Å². The zero-order valence-corrected chi connectivity index (χ0v) is 10.7. The predicted octanol–water partition coefficient (Wildman–Crippen LogP) is 1.77. The smallest absolute Gasteiger partial charge is 0.155 e. The molecule has 4 nitrogen and oxygen atoms in total. The number of aromatic nitrogens is 1. The van der Waals surface area contributed by atoms with Gasteiger partial charge >= 0.3 is 0 Å². The van der Waals surface area contributed by atoms with Crippen molar-refractivity contribution < 1.29 is 0 Å². The Kier molecular flexibility index (Phi) is 3.46. The van der Waals surface area contributed by atoms with Crippen molar-refractivity contribution in [2.75, 3.05) is 0 Å². The lowest BCUT2D eigenvalue weighted by Crippen LogP contribution is -2.33. The van der Waals surface area contributed by atoms with Crippen LogP contribution >= 0.6 is 11.3 Å². The molecule has 1 aromatic heterocycles. The Balaban J connectivity index is 3.13. The maximum Gasteiger partial charge on any atom is 0.155 e. The van der Waals surface area contributed by atoms with Gasteiger partial charge in [0.2, 0.25) is 0 Å². The van der Waals surface area contributed by atoms with Crippen molar-refractivity contribution in [2.24, 2.45) is 10.8 Å². The molecule has 0 saturated carbocycles. The number of hydrogen-bond donors (Lipinski definition) is 2. The van der Waals surface area contributed by atoms with E-state index in [1.165, 1.54) is 0 Å². The van der Waals surface area contributed by atoms with Crippen LogP contribution < -0.4 is 11.3 Å². The SMILES string of the molecule is Cc1nc(C)c(C(=NC(C)(C)C)NN)s1. The van der Waals surface area contributed by atoms with Gasteiger partial charge in [0, 0.05) is 0 Å². The van der Waals surface area contributed by atoms with Crippen LogP contribution in [0.1, 0.15) is 36.3 Å². The van der Waals surface area contributed by atoms with Gasteiger partial charge in [0.05, 0.1) is 21.1 Å². The number of hydrazine groups is 1. The van der Waals surface area contributed by atoms with Crippen LogP contribution in [-0.4, -0.2) is 16.4 Å². The lowest BCUT2D eigenvalue weighted by Gasteiger charge is -2.15. The molecule has 3 N–H and O–H groups in total. The fraction of sp³-hybridized carbons (Fsp3) is 0.600. The van der Waals surface area contributed by atoms with Gasteiger partial charge in [0.25, 0.3) is 0 Å². The predicted molar refractivity (Wildman–Crippen MR) is 65.2 cm³/mol. The summed E-state index contributed by atoms with van der Waals surface area (Å²) >= 11 is 1.60. The monoisotopic (exact) mass is 226 g/mol. The molecule has 0 aliphatic rings. The number of aliphatic imine (C=N–C) groups is 1. The standard InChI is InChI=1S/C10H18N4S/c1-6-8(15-7(2)12-6)9(14-11)13-10(3,4)5/h11H2,1-5H3,(H,13,14). The van der Waals surface area contributed by atoms with E-state index < -0.39 is 0 Å². The first kappa shape index (κ1) is 12.1. The minimum Gasteiger partial charge on any atom is -0.308 e. The molecular formula is C10H18N4S. The fourth-order valence-electron chi connectivity index (χ4n) is 1.24. The van der Waals surface area contributed by atoms with E-state index in [1.807, 2.05) is 34.6 Å². The van der Waals surface area contributed by atoms with Gasteiger partial charge in [-0.25, -0.2) is 10.8 Å². The summed E-state index contributed by atoms with van der Waals surface area (Å²) in [5, 5.41) is 1.03. The molecule has 15 heavy (non-hydrogen) atoms. The molecule has 0 unspecified atom stereocenters. The topological polar surface area (TPSA) is 63.3 Å². The number of nitrogens with one attached hydrogen (secondary N) is 1. The summed E-state index contributed by atoms with van der Waals surface area (Å²) in [6.07, 6.45) is 0. The first-order valence-electron chi connectivity index (χ1n) is 4.84. The molecule has 1 heterocycles. The van der Waals surface area contributed by atoms with Crippen molar-refractivity contribution in [1.29, 1.82) is 0 Å². The Bertz CT molecular complexity index is 373. The van der Waals surface area contributed by atoms with Crippen LogP contribution in [0.2, 0.25) is 0 Å². The van der Waals surface area contributed by atoms with Gasteiger partial charge in [-0.05, 0) is 34.6 Å². The molecule has 1 aromatic rings. The van der Waals surface area contributed by atoms with E-state index in [9.17, 15) is 0 Å². The molecule has 0 bridgehead atoms. The summed E-state index contributed by atoms with van der Waals surface area (Å²) in [5.74, 6) is 6.20. The van der Waals surface area contributed by atoms with Gasteiger partial charge in [-0.3, -0.25) is 4.99 Å². The number of nitrogens with two attached hydrogens (primary N) is 1. The Hall–Kier alpha value is -0.940. The van der Waals surface area contributed by atoms with E-state index >= 15 is 0 Å². The molecule has 5 heteroatoms. The van der Waals surface area contributed by atoms with Crippen molar-refractivity contribution in [2.45, 2.75) is 40.2 Å². The summed E-state index contributed by atoms with van der Waals surface area (Å²) in [6, 6.07) is 0. The average Bonchev–Trinajstić information content (AvgIpc) is 2.39. The van der Waals surface area contributed by atoms with Gasteiger partial charge in [-0.2, -0.15) is 0 Å². The second kappa shape index (κ2) is 4.28. The van der Waals surface area contributed by atoms with Crippen LogP contribution in [0.5, 0.6) is 0 Å². The van der Waals surface area contributed by atoms with Crippen molar-refractivity contribution in [1.82, 2.24) is 10.4 Å². The summed E-state index contributed by atoms with van der Waals surface area (Å²) in [6.45, 7) is 10.1. The second-order valence-electron chi connectivity index (χ2n) is 4.42.